The maximum atomic E-state index is 14.0. The number of anilines is 1. The lowest BCUT2D eigenvalue weighted by Crippen LogP contribution is -2.65. The number of aliphatic hydroxyl groups excluding tert-OH is 1. The zero-order chi connectivity index (χ0) is 26.0. The van der Waals surface area contributed by atoms with Crippen LogP contribution in [-0.2, 0) is 14.4 Å². The number of fused-ring (bicyclic) bond motifs is 1. The van der Waals surface area contributed by atoms with E-state index < -0.39 is 41.3 Å². The van der Waals surface area contributed by atoms with E-state index in [0.717, 1.165) is 25.7 Å². The molecule has 1 heterocycles. The third-order valence-electron chi connectivity index (χ3n) is 7.22. The van der Waals surface area contributed by atoms with Gasteiger partial charge in [0.25, 0.3) is 5.91 Å². The summed E-state index contributed by atoms with van der Waals surface area (Å²) in [5, 5.41) is 13.3. The maximum Gasteiger partial charge on any atom is 0.277 e. The van der Waals surface area contributed by atoms with Crippen LogP contribution in [-0.4, -0.2) is 53.3 Å². The number of nitrogens with one attached hydrogen (secondary N) is 1. The average molecular weight is 491 g/mol. The van der Waals surface area contributed by atoms with Crippen LogP contribution in [0.15, 0.2) is 59.6 Å². The van der Waals surface area contributed by atoms with E-state index in [1.807, 2.05) is 42.5 Å². The fourth-order valence-corrected chi connectivity index (χ4v) is 5.09. The van der Waals surface area contributed by atoms with Crippen molar-refractivity contribution in [3.63, 3.8) is 0 Å². The predicted octanol–water partition coefficient (Wildman–Crippen LogP) is 2.42. The van der Waals surface area contributed by atoms with Gasteiger partial charge in [0, 0.05) is 18.2 Å². The molecule has 0 spiro atoms. The molecule has 2 amide bonds. The summed E-state index contributed by atoms with van der Waals surface area (Å²) >= 11 is 0. The molecular weight excluding hydrogens is 456 g/mol. The molecule has 0 saturated heterocycles. The third kappa shape index (κ3) is 4.70. The first-order valence-corrected chi connectivity index (χ1v) is 12.5. The van der Waals surface area contributed by atoms with Crippen LogP contribution in [0.2, 0.25) is 0 Å². The van der Waals surface area contributed by atoms with Gasteiger partial charge in [-0.05, 0) is 30.7 Å². The number of benzodiazepines with no additional fused rings is 1. The zero-order valence-electron chi connectivity index (χ0n) is 21.0. The van der Waals surface area contributed by atoms with E-state index in [-0.39, 0.29) is 5.92 Å². The number of nitrogens with zero attached hydrogens (tertiary/aromatic N) is 2. The lowest BCUT2D eigenvalue weighted by atomic mass is 9.89. The number of likely N-dealkylation sites (N-methyl/N-ethyl adjacent to an activating group) is 1. The quantitative estimate of drug-likeness (QED) is 0.514. The molecule has 2 aromatic carbocycles. The number of nitrogens with two attached hydrogens (primary N) is 1. The molecule has 1 aliphatic carbocycles. The fourth-order valence-electron chi connectivity index (χ4n) is 5.09. The molecule has 1 saturated carbocycles. The van der Waals surface area contributed by atoms with E-state index in [4.69, 9.17) is 5.73 Å². The van der Waals surface area contributed by atoms with E-state index >= 15 is 0 Å². The summed E-state index contributed by atoms with van der Waals surface area (Å²) in [4.78, 5) is 46.6. The van der Waals surface area contributed by atoms with Crippen LogP contribution in [0.1, 0.15) is 50.7 Å². The number of aliphatic imine (C=N–C) groups is 1. The van der Waals surface area contributed by atoms with Crippen molar-refractivity contribution in [2.24, 2.45) is 22.6 Å². The van der Waals surface area contributed by atoms with Gasteiger partial charge in [-0.15, -0.1) is 0 Å². The lowest BCUT2D eigenvalue weighted by Gasteiger charge is -2.32. The van der Waals surface area contributed by atoms with E-state index in [1.165, 1.54) is 4.90 Å². The monoisotopic (exact) mass is 490 g/mol. The Morgan fingerprint density at radius 1 is 1.08 bits per heavy atom. The molecule has 0 aromatic heterocycles. The minimum atomic E-state index is -2.28. The number of hydrogen-bond acceptors (Lipinski definition) is 6. The van der Waals surface area contributed by atoms with Crippen LogP contribution >= 0.6 is 0 Å². The highest BCUT2D eigenvalue weighted by atomic mass is 16.3. The topological polar surface area (TPSA) is 125 Å². The van der Waals surface area contributed by atoms with Crippen molar-refractivity contribution >= 4 is 29.0 Å². The highest BCUT2D eigenvalue weighted by molar-refractivity contribution is 6.26. The second kappa shape index (κ2) is 10.3. The van der Waals surface area contributed by atoms with Gasteiger partial charge in [0.2, 0.25) is 17.4 Å². The number of hydrogen-bond donors (Lipinski definition) is 3. The van der Waals surface area contributed by atoms with Gasteiger partial charge in [0.05, 0.1) is 17.4 Å². The van der Waals surface area contributed by atoms with Crippen molar-refractivity contribution in [2.45, 2.75) is 57.3 Å². The number of amides is 2. The van der Waals surface area contributed by atoms with Crippen molar-refractivity contribution in [1.82, 2.24) is 5.32 Å². The molecule has 36 heavy (non-hydrogen) atoms. The Morgan fingerprint density at radius 2 is 1.69 bits per heavy atom. The molecule has 3 atom stereocenters. The summed E-state index contributed by atoms with van der Waals surface area (Å²) in [6.45, 7) is 3.52. The molecular formula is C28H34N4O4. The maximum absolute atomic E-state index is 14.0. The summed E-state index contributed by atoms with van der Waals surface area (Å²) in [5.41, 5.74) is 6.70. The minimum absolute atomic E-state index is 0.136. The van der Waals surface area contributed by atoms with Gasteiger partial charge in [0.15, 0.2) is 0 Å². The number of ketones is 1. The SMILES string of the molecule is CC(C)[C@H](NC(=O)C(O)C1CCCC1)C(=O)C1(N)N=C(c2ccccc2)c2ccccc2N(C)C1=O. The Morgan fingerprint density at radius 3 is 2.33 bits per heavy atom. The number of benzene rings is 2. The van der Waals surface area contributed by atoms with Crippen LogP contribution in [0.3, 0.4) is 0 Å². The smallest absolute Gasteiger partial charge is 0.277 e. The number of aliphatic hydroxyl groups is 1. The lowest BCUT2D eigenvalue weighted by molar-refractivity contribution is -0.140. The Balaban J connectivity index is 1.76. The molecule has 8 heteroatoms. The molecule has 8 nitrogen and oxygen atoms in total. The Labute approximate surface area is 211 Å². The van der Waals surface area contributed by atoms with Crippen LogP contribution in [0, 0.1) is 11.8 Å². The predicted molar refractivity (Wildman–Crippen MR) is 139 cm³/mol. The van der Waals surface area contributed by atoms with E-state index in [0.29, 0.717) is 22.5 Å². The molecule has 4 N–H and O–H groups in total. The molecule has 190 valence electrons. The Hall–Kier alpha value is -3.36. The average Bonchev–Trinajstić information content (AvgIpc) is 3.41. The highest BCUT2D eigenvalue weighted by Gasteiger charge is 2.50. The van der Waals surface area contributed by atoms with Crippen molar-refractivity contribution in [1.29, 1.82) is 0 Å². The molecule has 0 bridgehead atoms. The Bertz CT molecular complexity index is 1170. The highest BCUT2D eigenvalue weighted by Crippen LogP contribution is 2.31. The minimum Gasteiger partial charge on any atom is -0.383 e. The summed E-state index contributed by atoms with van der Waals surface area (Å²) in [5.74, 6) is -2.56. The molecule has 1 aliphatic heterocycles. The molecule has 4 rings (SSSR count). The number of carbonyl (C=O) groups is 3. The molecule has 0 radical (unpaired) electrons. The van der Waals surface area contributed by atoms with Gasteiger partial charge >= 0.3 is 0 Å². The van der Waals surface area contributed by atoms with E-state index in [1.54, 1.807) is 33.0 Å². The zero-order valence-corrected chi connectivity index (χ0v) is 21.0. The summed E-state index contributed by atoms with van der Waals surface area (Å²) in [7, 11) is 1.56. The van der Waals surface area contributed by atoms with Gasteiger partial charge in [-0.2, -0.15) is 0 Å². The second-order valence-electron chi connectivity index (χ2n) is 10.1. The number of carbonyl (C=O) groups excluding carboxylic acids is 3. The van der Waals surface area contributed by atoms with Crippen molar-refractivity contribution in [3.05, 3.63) is 65.7 Å². The normalized spacial score (nSPS) is 22.0. The van der Waals surface area contributed by atoms with Crippen LogP contribution in [0.5, 0.6) is 0 Å². The standard InChI is InChI=1S/C28H34N4O4/c1-17(2)22(30-26(35)24(33)19-13-7-8-14-19)25(34)28(29)27(36)32(3)21-16-10-9-15-20(21)23(31-28)18-11-5-4-6-12-18/h4-6,9-12,15-17,19,22,24,33H,7-8,13-14,29H2,1-3H3,(H,30,35)/t22-,24?,28?/m0/s1. The first-order chi connectivity index (χ1) is 17.1. The largest absolute Gasteiger partial charge is 0.383 e. The van der Waals surface area contributed by atoms with Crippen molar-refractivity contribution in [3.8, 4) is 0 Å². The third-order valence-corrected chi connectivity index (χ3v) is 7.22. The van der Waals surface area contributed by atoms with Crippen LogP contribution in [0.4, 0.5) is 5.69 Å². The summed E-state index contributed by atoms with van der Waals surface area (Å²) in [6, 6.07) is 15.4. The van der Waals surface area contributed by atoms with Crippen LogP contribution in [0.25, 0.3) is 0 Å². The molecule has 2 aliphatic rings. The first kappa shape index (κ1) is 25.7. The van der Waals surface area contributed by atoms with Gasteiger partial charge in [-0.1, -0.05) is 75.2 Å². The van der Waals surface area contributed by atoms with Crippen molar-refractivity contribution in [2.75, 3.05) is 11.9 Å². The van der Waals surface area contributed by atoms with Gasteiger partial charge in [0.1, 0.15) is 6.10 Å². The van der Waals surface area contributed by atoms with Crippen LogP contribution < -0.4 is 16.0 Å². The molecule has 2 unspecified atom stereocenters. The second-order valence-corrected chi connectivity index (χ2v) is 10.1. The van der Waals surface area contributed by atoms with E-state index in [9.17, 15) is 19.5 Å². The van der Waals surface area contributed by atoms with E-state index in [2.05, 4.69) is 10.3 Å². The molecule has 1 fully saturated rings. The number of para-hydroxylation sites is 1. The number of Topliss-reactive ketones (excluding diaryl/α,β-unsaturated/α-hetero) is 1. The number of rotatable bonds is 7. The van der Waals surface area contributed by atoms with Gasteiger partial charge < -0.3 is 15.3 Å². The summed E-state index contributed by atoms with van der Waals surface area (Å²) in [6.07, 6.45) is 2.25. The fraction of sp³-hybridized carbons (Fsp3) is 0.429. The van der Waals surface area contributed by atoms with Crippen molar-refractivity contribution < 1.29 is 19.5 Å². The Kier molecular flexibility index (Phi) is 7.38. The van der Waals surface area contributed by atoms with Gasteiger partial charge in [-0.3, -0.25) is 20.1 Å². The molecule has 2 aromatic rings. The van der Waals surface area contributed by atoms with Gasteiger partial charge in [-0.25, -0.2) is 4.99 Å². The summed E-state index contributed by atoms with van der Waals surface area (Å²) < 4.78 is 0. The first-order valence-electron chi connectivity index (χ1n) is 12.5.